The highest BCUT2D eigenvalue weighted by molar-refractivity contribution is 6.03. The first-order valence-corrected chi connectivity index (χ1v) is 7.20. The van der Waals surface area contributed by atoms with Crippen LogP contribution >= 0.6 is 0 Å². The number of carbonyl (C=O) groups is 1. The molecule has 0 aliphatic carbocycles. The van der Waals surface area contributed by atoms with Crippen molar-refractivity contribution in [2.24, 2.45) is 7.05 Å². The Morgan fingerprint density at radius 1 is 1.43 bits per heavy atom. The fraction of sp³-hybridized carbons (Fsp3) is 0.250. The van der Waals surface area contributed by atoms with Gasteiger partial charge in [-0.1, -0.05) is 12.1 Å². The molecule has 0 aliphatic rings. The van der Waals surface area contributed by atoms with Gasteiger partial charge in [0, 0.05) is 12.6 Å². The van der Waals surface area contributed by atoms with Gasteiger partial charge in [-0.15, -0.1) is 0 Å². The summed E-state index contributed by atoms with van der Waals surface area (Å²) in [5.41, 5.74) is 3.63. The van der Waals surface area contributed by atoms with Crippen LogP contribution in [-0.2, 0) is 13.5 Å². The Hall–Kier alpha value is -2.96. The highest BCUT2D eigenvalue weighted by atomic mass is 16.5. The molecule has 7 heteroatoms. The number of nitrogens with zero attached hydrogens (tertiary/aromatic N) is 4. The van der Waals surface area contributed by atoms with E-state index in [1.807, 2.05) is 13.0 Å². The minimum atomic E-state index is -0.998. The second kappa shape index (κ2) is 5.68. The number of rotatable bonds is 4. The summed E-state index contributed by atoms with van der Waals surface area (Å²) in [4.78, 5) is 16.0. The zero-order chi connectivity index (χ0) is 16.6. The minimum Gasteiger partial charge on any atom is -0.478 e. The number of aromatic carboxylic acids is 1. The fourth-order valence-electron chi connectivity index (χ4n) is 2.57. The maximum atomic E-state index is 11.5. The van der Waals surface area contributed by atoms with Crippen LogP contribution < -0.4 is 0 Å². The van der Waals surface area contributed by atoms with Crippen LogP contribution in [0.4, 0.5) is 0 Å². The lowest BCUT2D eigenvalue weighted by Gasteiger charge is -2.01. The van der Waals surface area contributed by atoms with Gasteiger partial charge in [0.05, 0.1) is 28.0 Å². The van der Waals surface area contributed by atoms with Crippen molar-refractivity contribution in [1.29, 1.82) is 0 Å². The maximum absolute atomic E-state index is 11.5. The highest BCUT2D eigenvalue weighted by Crippen LogP contribution is 2.23. The largest absolute Gasteiger partial charge is 0.478 e. The van der Waals surface area contributed by atoms with Gasteiger partial charge in [-0.3, -0.25) is 4.68 Å². The standard InChI is InChI=1S/C16H16N4O3/c1-4-13-10(8-23-19-13)5-6-11-7-12(16(21)22)14-9(2)18-20(3)15(14)17-11/h5-8H,4H2,1-3H3,(H,21,22). The number of hydrogen-bond acceptors (Lipinski definition) is 5. The van der Waals surface area contributed by atoms with Crippen molar-refractivity contribution in [2.45, 2.75) is 20.3 Å². The third-order valence-electron chi connectivity index (χ3n) is 3.66. The average molecular weight is 312 g/mol. The predicted molar refractivity (Wildman–Crippen MR) is 85.0 cm³/mol. The Bertz CT molecular complexity index is 921. The van der Waals surface area contributed by atoms with Gasteiger partial charge in [0.25, 0.3) is 0 Å². The predicted octanol–water partition coefficient (Wildman–Crippen LogP) is 2.70. The number of fused-ring (bicyclic) bond motifs is 1. The van der Waals surface area contributed by atoms with Gasteiger partial charge in [-0.05, 0) is 31.6 Å². The van der Waals surface area contributed by atoms with E-state index in [4.69, 9.17) is 4.52 Å². The van der Waals surface area contributed by atoms with Crippen LogP contribution in [0.25, 0.3) is 23.2 Å². The quantitative estimate of drug-likeness (QED) is 0.796. The lowest BCUT2D eigenvalue weighted by molar-refractivity contribution is 0.0699. The summed E-state index contributed by atoms with van der Waals surface area (Å²) in [5.74, 6) is -0.998. The molecular weight excluding hydrogens is 296 g/mol. The van der Waals surface area contributed by atoms with Crippen LogP contribution in [0.15, 0.2) is 16.9 Å². The molecule has 0 radical (unpaired) electrons. The summed E-state index contributed by atoms with van der Waals surface area (Å²) in [6.07, 6.45) is 5.88. The Kier molecular flexibility index (Phi) is 3.69. The van der Waals surface area contributed by atoms with Crippen molar-refractivity contribution in [1.82, 2.24) is 19.9 Å². The molecule has 0 saturated carbocycles. The second-order valence-electron chi connectivity index (χ2n) is 5.21. The average Bonchev–Trinajstić information content (AvgIpc) is 3.09. The van der Waals surface area contributed by atoms with Gasteiger partial charge >= 0.3 is 5.97 Å². The van der Waals surface area contributed by atoms with E-state index >= 15 is 0 Å². The summed E-state index contributed by atoms with van der Waals surface area (Å²) in [6.45, 7) is 3.76. The van der Waals surface area contributed by atoms with E-state index in [9.17, 15) is 9.90 Å². The Labute approximate surface area is 132 Å². The molecule has 0 spiro atoms. The molecule has 23 heavy (non-hydrogen) atoms. The van der Waals surface area contributed by atoms with Crippen LogP contribution in [0, 0.1) is 6.92 Å². The Morgan fingerprint density at radius 3 is 2.91 bits per heavy atom. The van der Waals surface area contributed by atoms with Gasteiger partial charge in [-0.2, -0.15) is 5.10 Å². The zero-order valence-electron chi connectivity index (χ0n) is 13.1. The SMILES string of the molecule is CCc1nocc1C=Cc1cc(C(=O)O)c2c(C)nn(C)c2n1. The maximum Gasteiger partial charge on any atom is 0.336 e. The third-order valence-corrected chi connectivity index (χ3v) is 3.66. The van der Waals surface area contributed by atoms with Crippen molar-refractivity contribution in [3.63, 3.8) is 0 Å². The summed E-state index contributed by atoms with van der Waals surface area (Å²) in [6, 6.07) is 1.55. The highest BCUT2D eigenvalue weighted by Gasteiger charge is 2.17. The fourth-order valence-corrected chi connectivity index (χ4v) is 2.57. The normalized spacial score (nSPS) is 11.6. The van der Waals surface area contributed by atoms with Crippen molar-refractivity contribution in [2.75, 3.05) is 0 Å². The van der Waals surface area contributed by atoms with Gasteiger partial charge in [0.1, 0.15) is 6.26 Å². The lowest BCUT2D eigenvalue weighted by Crippen LogP contribution is -2.01. The molecule has 0 atom stereocenters. The molecule has 3 rings (SSSR count). The van der Waals surface area contributed by atoms with Crippen LogP contribution in [0.2, 0.25) is 0 Å². The molecule has 3 aromatic rings. The number of carboxylic acid groups (broad SMARTS) is 1. The minimum absolute atomic E-state index is 0.196. The number of aromatic nitrogens is 4. The van der Waals surface area contributed by atoms with Crippen molar-refractivity contribution >= 4 is 29.2 Å². The number of aryl methyl sites for hydroxylation is 3. The van der Waals surface area contributed by atoms with Crippen molar-refractivity contribution in [3.8, 4) is 0 Å². The number of hydrogen-bond donors (Lipinski definition) is 1. The molecular formula is C16H16N4O3. The molecule has 118 valence electrons. The van der Waals surface area contributed by atoms with Gasteiger partial charge in [0.2, 0.25) is 0 Å². The smallest absolute Gasteiger partial charge is 0.336 e. The molecule has 3 heterocycles. The molecule has 0 aliphatic heterocycles. The second-order valence-corrected chi connectivity index (χ2v) is 5.21. The first-order chi connectivity index (χ1) is 11.0. The topological polar surface area (TPSA) is 94.0 Å². The molecule has 3 aromatic heterocycles. The molecule has 0 bridgehead atoms. The lowest BCUT2D eigenvalue weighted by atomic mass is 10.1. The number of pyridine rings is 1. The molecule has 0 unspecified atom stereocenters. The molecule has 0 fully saturated rings. The molecule has 0 saturated heterocycles. The van der Waals surface area contributed by atoms with E-state index in [-0.39, 0.29) is 5.56 Å². The molecule has 0 amide bonds. The summed E-state index contributed by atoms with van der Waals surface area (Å²) in [5, 5.41) is 18.2. The van der Waals surface area contributed by atoms with Crippen molar-refractivity contribution in [3.05, 3.63) is 40.5 Å². The first-order valence-electron chi connectivity index (χ1n) is 7.20. The summed E-state index contributed by atoms with van der Waals surface area (Å²) in [7, 11) is 1.75. The van der Waals surface area contributed by atoms with E-state index in [0.29, 0.717) is 22.4 Å². The number of carboxylic acids is 1. The monoisotopic (exact) mass is 312 g/mol. The van der Waals surface area contributed by atoms with E-state index < -0.39 is 5.97 Å². The Balaban J connectivity index is 2.12. The third kappa shape index (κ3) is 2.61. The van der Waals surface area contributed by atoms with E-state index in [1.54, 1.807) is 37.1 Å². The van der Waals surface area contributed by atoms with Crippen LogP contribution in [-0.4, -0.2) is 31.0 Å². The first kappa shape index (κ1) is 15.0. The zero-order valence-corrected chi connectivity index (χ0v) is 13.1. The van der Waals surface area contributed by atoms with E-state index in [1.165, 1.54) is 0 Å². The van der Waals surface area contributed by atoms with E-state index in [0.717, 1.165) is 17.7 Å². The van der Waals surface area contributed by atoms with Gasteiger partial charge in [-0.25, -0.2) is 9.78 Å². The van der Waals surface area contributed by atoms with Crippen LogP contribution in [0.5, 0.6) is 0 Å². The summed E-state index contributed by atoms with van der Waals surface area (Å²) >= 11 is 0. The molecule has 7 nitrogen and oxygen atoms in total. The van der Waals surface area contributed by atoms with Crippen LogP contribution in [0.1, 0.15) is 39.9 Å². The van der Waals surface area contributed by atoms with Crippen molar-refractivity contribution < 1.29 is 14.4 Å². The molecule has 0 aromatic carbocycles. The summed E-state index contributed by atoms with van der Waals surface area (Å²) < 4.78 is 6.54. The van der Waals surface area contributed by atoms with Gasteiger partial charge < -0.3 is 9.63 Å². The van der Waals surface area contributed by atoms with Gasteiger partial charge in [0.15, 0.2) is 5.65 Å². The Morgan fingerprint density at radius 2 is 2.22 bits per heavy atom. The van der Waals surface area contributed by atoms with E-state index in [2.05, 4.69) is 15.2 Å². The molecule has 1 N–H and O–H groups in total. The van der Waals surface area contributed by atoms with Crippen LogP contribution in [0.3, 0.4) is 0 Å².